The summed E-state index contributed by atoms with van der Waals surface area (Å²) in [5.74, 6) is 0.960. The molecule has 0 amide bonds. The van der Waals surface area contributed by atoms with Crippen molar-refractivity contribution in [2.45, 2.75) is 19.3 Å². The first-order valence-corrected chi connectivity index (χ1v) is 3.41. The van der Waals surface area contributed by atoms with Crippen LogP contribution in [-0.4, -0.2) is 4.98 Å². The number of hydrogen-bond donors (Lipinski definition) is 0. The number of oxazole rings is 1. The number of unbranched alkanes of at least 4 members (excludes halogenated alkanes) is 1. The quantitative estimate of drug-likeness (QED) is 0.469. The van der Waals surface area contributed by atoms with Crippen LogP contribution >= 0.6 is 0 Å². The Labute approximate surface area is 60.6 Å². The van der Waals surface area contributed by atoms with Gasteiger partial charge in [-0.05, 0) is 12.8 Å². The van der Waals surface area contributed by atoms with Gasteiger partial charge in [-0.25, -0.2) is 4.98 Å². The van der Waals surface area contributed by atoms with Gasteiger partial charge in [-0.2, -0.15) is 0 Å². The van der Waals surface area contributed by atoms with E-state index in [-0.39, 0.29) is 0 Å². The van der Waals surface area contributed by atoms with Gasteiger partial charge in [0, 0.05) is 6.42 Å². The minimum Gasteiger partial charge on any atom is -0.449 e. The van der Waals surface area contributed by atoms with E-state index >= 15 is 0 Å². The van der Waals surface area contributed by atoms with E-state index in [0.29, 0.717) is 0 Å². The summed E-state index contributed by atoms with van der Waals surface area (Å²) >= 11 is 0. The first kappa shape index (κ1) is 7.06. The molecule has 1 heterocycles. The third-order valence-corrected chi connectivity index (χ3v) is 1.31. The molecule has 1 aromatic heterocycles. The number of rotatable bonds is 4. The van der Waals surface area contributed by atoms with Crippen molar-refractivity contribution in [2.24, 2.45) is 0 Å². The molecule has 0 atom stereocenters. The molecule has 54 valence electrons. The smallest absolute Gasteiger partial charge is 0.180 e. The highest BCUT2D eigenvalue weighted by molar-refractivity contribution is 4.88. The van der Waals surface area contributed by atoms with E-state index in [1.54, 1.807) is 6.20 Å². The molecule has 1 rings (SSSR count). The monoisotopic (exact) mass is 137 g/mol. The third-order valence-electron chi connectivity index (χ3n) is 1.31. The van der Waals surface area contributed by atoms with E-state index in [1.165, 1.54) is 6.39 Å². The fourth-order valence-corrected chi connectivity index (χ4v) is 0.786. The van der Waals surface area contributed by atoms with Crippen LogP contribution in [0.5, 0.6) is 0 Å². The molecular weight excluding hydrogens is 126 g/mol. The van der Waals surface area contributed by atoms with Crippen LogP contribution in [-0.2, 0) is 6.42 Å². The van der Waals surface area contributed by atoms with Gasteiger partial charge in [0.05, 0.1) is 6.20 Å². The van der Waals surface area contributed by atoms with Gasteiger partial charge < -0.3 is 4.42 Å². The van der Waals surface area contributed by atoms with Gasteiger partial charge >= 0.3 is 0 Å². The molecule has 0 aliphatic carbocycles. The molecule has 0 fully saturated rings. The Morgan fingerprint density at radius 2 is 2.60 bits per heavy atom. The van der Waals surface area contributed by atoms with Gasteiger partial charge in [-0.15, -0.1) is 6.58 Å². The SMILES string of the molecule is C=CCCCc1cnco1. The van der Waals surface area contributed by atoms with Crippen LogP contribution in [0.4, 0.5) is 0 Å². The van der Waals surface area contributed by atoms with Crippen molar-refractivity contribution < 1.29 is 4.42 Å². The second-order valence-corrected chi connectivity index (χ2v) is 2.15. The molecule has 0 saturated carbocycles. The van der Waals surface area contributed by atoms with Crippen LogP contribution in [0.1, 0.15) is 18.6 Å². The molecule has 0 saturated heterocycles. The van der Waals surface area contributed by atoms with Crippen LogP contribution in [0, 0.1) is 0 Å². The van der Waals surface area contributed by atoms with Crippen molar-refractivity contribution in [2.75, 3.05) is 0 Å². The summed E-state index contributed by atoms with van der Waals surface area (Å²) in [5.41, 5.74) is 0. The molecular formula is C8H11NO. The van der Waals surface area contributed by atoms with E-state index in [1.807, 2.05) is 6.08 Å². The van der Waals surface area contributed by atoms with E-state index in [0.717, 1.165) is 25.0 Å². The minimum absolute atomic E-state index is 0.960. The average Bonchev–Trinajstić information content (AvgIpc) is 2.41. The Bertz CT molecular complexity index is 179. The van der Waals surface area contributed by atoms with Gasteiger partial charge in [0.15, 0.2) is 6.39 Å². The highest BCUT2D eigenvalue weighted by Crippen LogP contribution is 2.02. The zero-order chi connectivity index (χ0) is 7.23. The Morgan fingerprint density at radius 3 is 3.20 bits per heavy atom. The van der Waals surface area contributed by atoms with Gasteiger partial charge in [0.25, 0.3) is 0 Å². The van der Waals surface area contributed by atoms with E-state index in [2.05, 4.69) is 11.6 Å². The average molecular weight is 137 g/mol. The van der Waals surface area contributed by atoms with Crippen molar-refractivity contribution in [3.8, 4) is 0 Å². The second-order valence-electron chi connectivity index (χ2n) is 2.15. The van der Waals surface area contributed by atoms with Gasteiger partial charge in [0.2, 0.25) is 0 Å². The molecule has 0 spiro atoms. The Morgan fingerprint density at radius 1 is 1.70 bits per heavy atom. The zero-order valence-electron chi connectivity index (χ0n) is 5.92. The fraction of sp³-hybridized carbons (Fsp3) is 0.375. The van der Waals surface area contributed by atoms with Crippen molar-refractivity contribution in [3.05, 3.63) is 31.0 Å². The summed E-state index contributed by atoms with van der Waals surface area (Å²) in [6.07, 6.45) is 8.23. The molecule has 2 heteroatoms. The summed E-state index contributed by atoms with van der Waals surface area (Å²) < 4.78 is 5.03. The van der Waals surface area contributed by atoms with Crippen molar-refractivity contribution in [3.63, 3.8) is 0 Å². The van der Waals surface area contributed by atoms with Crippen LogP contribution in [0.25, 0.3) is 0 Å². The van der Waals surface area contributed by atoms with Crippen LogP contribution in [0.3, 0.4) is 0 Å². The first-order valence-electron chi connectivity index (χ1n) is 3.41. The van der Waals surface area contributed by atoms with Crippen LogP contribution in [0.2, 0.25) is 0 Å². The number of aromatic nitrogens is 1. The first-order chi connectivity index (χ1) is 4.93. The lowest BCUT2D eigenvalue weighted by atomic mass is 10.2. The standard InChI is InChI=1S/C8H11NO/c1-2-3-4-5-8-6-9-7-10-8/h2,6-7H,1,3-5H2. The highest BCUT2D eigenvalue weighted by Gasteiger charge is 1.93. The maximum Gasteiger partial charge on any atom is 0.180 e. The van der Waals surface area contributed by atoms with Crippen LogP contribution < -0.4 is 0 Å². The Balaban J connectivity index is 2.21. The molecule has 0 aliphatic rings. The maximum atomic E-state index is 5.03. The zero-order valence-corrected chi connectivity index (χ0v) is 5.92. The molecule has 0 unspecified atom stereocenters. The third kappa shape index (κ3) is 2.05. The summed E-state index contributed by atoms with van der Waals surface area (Å²) in [5, 5.41) is 0. The molecule has 1 aromatic rings. The summed E-state index contributed by atoms with van der Waals surface area (Å²) in [4.78, 5) is 3.81. The number of nitrogens with zero attached hydrogens (tertiary/aromatic N) is 1. The van der Waals surface area contributed by atoms with Crippen LogP contribution in [0.15, 0.2) is 29.7 Å². The molecule has 0 aliphatic heterocycles. The van der Waals surface area contributed by atoms with E-state index in [4.69, 9.17) is 4.42 Å². The fourth-order valence-electron chi connectivity index (χ4n) is 0.786. The lowest BCUT2D eigenvalue weighted by Gasteiger charge is -1.90. The largest absolute Gasteiger partial charge is 0.449 e. The predicted molar refractivity (Wildman–Crippen MR) is 39.6 cm³/mol. The second kappa shape index (κ2) is 3.88. The predicted octanol–water partition coefficient (Wildman–Crippen LogP) is 2.18. The number of allylic oxidation sites excluding steroid dienone is 1. The summed E-state index contributed by atoms with van der Waals surface area (Å²) in [6, 6.07) is 0. The highest BCUT2D eigenvalue weighted by atomic mass is 16.3. The Kier molecular flexibility index (Phi) is 2.74. The van der Waals surface area contributed by atoms with Gasteiger partial charge in [-0.3, -0.25) is 0 Å². The lowest BCUT2D eigenvalue weighted by Crippen LogP contribution is -1.79. The molecule has 10 heavy (non-hydrogen) atoms. The number of hydrogen-bond acceptors (Lipinski definition) is 2. The van der Waals surface area contributed by atoms with Gasteiger partial charge in [0.1, 0.15) is 5.76 Å². The Hall–Kier alpha value is -1.05. The lowest BCUT2D eigenvalue weighted by molar-refractivity contribution is 0.497. The maximum absolute atomic E-state index is 5.03. The molecule has 2 nitrogen and oxygen atoms in total. The van der Waals surface area contributed by atoms with E-state index < -0.39 is 0 Å². The summed E-state index contributed by atoms with van der Waals surface area (Å²) in [7, 11) is 0. The number of aryl methyl sites for hydroxylation is 1. The molecule has 0 N–H and O–H groups in total. The van der Waals surface area contributed by atoms with Crippen molar-refractivity contribution in [1.29, 1.82) is 0 Å². The van der Waals surface area contributed by atoms with Crippen molar-refractivity contribution in [1.82, 2.24) is 4.98 Å². The molecule has 0 aromatic carbocycles. The molecule has 0 bridgehead atoms. The van der Waals surface area contributed by atoms with E-state index in [9.17, 15) is 0 Å². The normalized spacial score (nSPS) is 9.60. The van der Waals surface area contributed by atoms with Crippen molar-refractivity contribution >= 4 is 0 Å². The topological polar surface area (TPSA) is 26.0 Å². The minimum atomic E-state index is 0.960. The van der Waals surface area contributed by atoms with Gasteiger partial charge in [-0.1, -0.05) is 6.08 Å². The summed E-state index contributed by atoms with van der Waals surface area (Å²) in [6.45, 7) is 3.63. The molecule has 0 radical (unpaired) electrons.